The van der Waals surface area contributed by atoms with E-state index in [-0.39, 0.29) is 0 Å². The minimum atomic E-state index is 0.698. The highest BCUT2D eigenvalue weighted by molar-refractivity contribution is 5.41. The van der Waals surface area contributed by atoms with E-state index in [1.807, 2.05) is 24.3 Å². The first kappa shape index (κ1) is 16.9. The van der Waals surface area contributed by atoms with Crippen LogP contribution < -0.4 is 10.5 Å². The molecule has 2 N–H and O–H groups in total. The Hall–Kier alpha value is -1.18. The summed E-state index contributed by atoms with van der Waals surface area (Å²) in [7, 11) is 0. The van der Waals surface area contributed by atoms with Crippen LogP contribution in [0.25, 0.3) is 0 Å². The average molecular weight is 277 g/mol. The molecule has 0 spiro atoms. The molecule has 0 heterocycles. The third-order valence-electron chi connectivity index (χ3n) is 3.80. The van der Waals surface area contributed by atoms with E-state index in [0.717, 1.165) is 18.0 Å². The molecule has 0 radical (unpaired) electrons. The number of unbranched alkanes of at least 4 members (excludes halogenated alkanes) is 4. The SMILES string of the molecule is CCCCCCC(CCCC)COc1ccc(N)cc1. The predicted molar refractivity (Wildman–Crippen MR) is 88.1 cm³/mol. The lowest BCUT2D eigenvalue weighted by Gasteiger charge is -2.17. The van der Waals surface area contributed by atoms with Gasteiger partial charge in [-0.25, -0.2) is 0 Å². The first-order valence-electron chi connectivity index (χ1n) is 8.24. The maximum Gasteiger partial charge on any atom is 0.119 e. The Morgan fingerprint density at radius 3 is 2.20 bits per heavy atom. The molecule has 0 aromatic heterocycles. The first-order chi connectivity index (χ1) is 9.76. The molecule has 20 heavy (non-hydrogen) atoms. The minimum Gasteiger partial charge on any atom is -0.493 e. The van der Waals surface area contributed by atoms with Crippen molar-refractivity contribution in [3.63, 3.8) is 0 Å². The van der Waals surface area contributed by atoms with Gasteiger partial charge in [-0.1, -0.05) is 52.4 Å². The molecule has 0 fully saturated rings. The van der Waals surface area contributed by atoms with Crippen molar-refractivity contribution >= 4 is 5.69 Å². The average Bonchev–Trinajstić information content (AvgIpc) is 2.47. The highest BCUT2D eigenvalue weighted by Gasteiger charge is 2.09. The Kier molecular flexibility index (Phi) is 8.93. The number of nitrogens with two attached hydrogens (primary N) is 1. The molecule has 114 valence electrons. The zero-order valence-electron chi connectivity index (χ0n) is 13.2. The van der Waals surface area contributed by atoms with E-state index >= 15 is 0 Å². The van der Waals surface area contributed by atoms with Gasteiger partial charge in [0.2, 0.25) is 0 Å². The van der Waals surface area contributed by atoms with Crippen molar-refractivity contribution in [2.24, 2.45) is 5.92 Å². The molecule has 2 heteroatoms. The van der Waals surface area contributed by atoms with Crippen LogP contribution in [0.15, 0.2) is 24.3 Å². The smallest absolute Gasteiger partial charge is 0.119 e. The van der Waals surface area contributed by atoms with Gasteiger partial charge in [0.25, 0.3) is 0 Å². The van der Waals surface area contributed by atoms with Crippen molar-refractivity contribution in [1.82, 2.24) is 0 Å². The number of benzene rings is 1. The molecular weight excluding hydrogens is 246 g/mol. The van der Waals surface area contributed by atoms with E-state index in [0.29, 0.717) is 5.92 Å². The van der Waals surface area contributed by atoms with Crippen LogP contribution in [0.5, 0.6) is 5.75 Å². The second kappa shape index (κ2) is 10.6. The molecule has 2 nitrogen and oxygen atoms in total. The Bertz CT molecular complexity index is 334. The predicted octanol–water partition coefficient (Wildman–Crippen LogP) is 5.42. The third-order valence-corrected chi connectivity index (χ3v) is 3.80. The fourth-order valence-corrected chi connectivity index (χ4v) is 2.44. The standard InChI is InChI=1S/C18H31NO/c1-3-5-7-8-10-16(9-6-4-2)15-20-18-13-11-17(19)12-14-18/h11-14,16H,3-10,15,19H2,1-2H3. The monoisotopic (exact) mass is 277 g/mol. The lowest BCUT2D eigenvalue weighted by atomic mass is 9.96. The van der Waals surface area contributed by atoms with Crippen molar-refractivity contribution in [3.8, 4) is 5.75 Å². The van der Waals surface area contributed by atoms with Crippen LogP contribution in [0.3, 0.4) is 0 Å². The van der Waals surface area contributed by atoms with Crippen molar-refractivity contribution in [1.29, 1.82) is 0 Å². The molecule has 0 aliphatic heterocycles. The van der Waals surface area contributed by atoms with Crippen LogP contribution in [0, 0.1) is 5.92 Å². The van der Waals surface area contributed by atoms with Gasteiger partial charge in [0.05, 0.1) is 6.61 Å². The van der Waals surface area contributed by atoms with Crippen LogP contribution in [0.2, 0.25) is 0 Å². The fraction of sp³-hybridized carbons (Fsp3) is 0.667. The highest BCUT2D eigenvalue weighted by atomic mass is 16.5. The maximum atomic E-state index is 5.92. The molecule has 0 saturated heterocycles. The van der Waals surface area contributed by atoms with Crippen molar-refractivity contribution in [2.45, 2.75) is 65.2 Å². The summed E-state index contributed by atoms with van der Waals surface area (Å²) in [5.41, 5.74) is 6.48. The van der Waals surface area contributed by atoms with Crippen LogP contribution in [-0.4, -0.2) is 6.61 Å². The second-order valence-electron chi connectivity index (χ2n) is 5.74. The third kappa shape index (κ3) is 7.42. The van der Waals surface area contributed by atoms with E-state index in [4.69, 9.17) is 10.5 Å². The van der Waals surface area contributed by atoms with Crippen LogP contribution in [0.1, 0.15) is 65.2 Å². The molecule has 1 unspecified atom stereocenters. The van der Waals surface area contributed by atoms with E-state index in [9.17, 15) is 0 Å². The van der Waals surface area contributed by atoms with Crippen LogP contribution in [0.4, 0.5) is 5.69 Å². The highest BCUT2D eigenvalue weighted by Crippen LogP contribution is 2.20. The summed E-state index contributed by atoms with van der Waals surface area (Å²) in [6.07, 6.45) is 10.5. The summed E-state index contributed by atoms with van der Waals surface area (Å²) in [5, 5.41) is 0. The molecule has 0 amide bonds. The van der Waals surface area contributed by atoms with Gasteiger partial charge in [-0.05, 0) is 43.0 Å². The zero-order valence-corrected chi connectivity index (χ0v) is 13.2. The first-order valence-corrected chi connectivity index (χ1v) is 8.24. The van der Waals surface area contributed by atoms with Gasteiger partial charge in [-0.15, -0.1) is 0 Å². The van der Waals surface area contributed by atoms with Crippen molar-refractivity contribution in [2.75, 3.05) is 12.3 Å². The lowest BCUT2D eigenvalue weighted by Crippen LogP contribution is -2.12. The second-order valence-corrected chi connectivity index (χ2v) is 5.74. The number of hydrogen-bond acceptors (Lipinski definition) is 2. The van der Waals surface area contributed by atoms with Gasteiger partial charge < -0.3 is 10.5 Å². The quantitative estimate of drug-likeness (QED) is 0.432. The largest absolute Gasteiger partial charge is 0.493 e. The van der Waals surface area contributed by atoms with Crippen LogP contribution >= 0.6 is 0 Å². The molecule has 1 aromatic rings. The summed E-state index contributed by atoms with van der Waals surface area (Å²) in [4.78, 5) is 0. The van der Waals surface area contributed by atoms with E-state index < -0.39 is 0 Å². The van der Waals surface area contributed by atoms with Gasteiger partial charge in [-0.3, -0.25) is 0 Å². The van der Waals surface area contributed by atoms with Gasteiger partial charge in [0.1, 0.15) is 5.75 Å². The summed E-state index contributed by atoms with van der Waals surface area (Å²) < 4.78 is 5.92. The minimum absolute atomic E-state index is 0.698. The number of hydrogen-bond donors (Lipinski definition) is 1. The topological polar surface area (TPSA) is 35.2 Å². The molecule has 1 aromatic carbocycles. The fourth-order valence-electron chi connectivity index (χ4n) is 2.44. The molecule has 1 atom stereocenters. The number of nitrogen functional groups attached to an aromatic ring is 1. The van der Waals surface area contributed by atoms with Crippen molar-refractivity contribution in [3.05, 3.63) is 24.3 Å². The summed E-state index contributed by atoms with van der Waals surface area (Å²) in [5.74, 6) is 1.64. The molecule has 0 aliphatic rings. The molecule has 0 bridgehead atoms. The Morgan fingerprint density at radius 2 is 1.55 bits per heavy atom. The zero-order chi connectivity index (χ0) is 14.6. The molecule has 0 saturated carbocycles. The number of anilines is 1. The summed E-state index contributed by atoms with van der Waals surface area (Å²) in [6.45, 7) is 5.36. The maximum absolute atomic E-state index is 5.92. The van der Waals surface area contributed by atoms with E-state index in [1.54, 1.807) is 0 Å². The number of ether oxygens (including phenoxy) is 1. The number of rotatable bonds is 11. The lowest BCUT2D eigenvalue weighted by molar-refractivity contribution is 0.225. The van der Waals surface area contributed by atoms with E-state index in [2.05, 4.69) is 13.8 Å². The Balaban J connectivity index is 2.32. The van der Waals surface area contributed by atoms with Crippen LogP contribution in [-0.2, 0) is 0 Å². The Morgan fingerprint density at radius 1 is 0.900 bits per heavy atom. The van der Waals surface area contributed by atoms with Gasteiger partial charge in [0.15, 0.2) is 0 Å². The molecule has 0 aliphatic carbocycles. The van der Waals surface area contributed by atoms with Gasteiger partial charge in [-0.2, -0.15) is 0 Å². The van der Waals surface area contributed by atoms with Gasteiger partial charge >= 0.3 is 0 Å². The molecule has 1 rings (SSSR count). The Labute approximate surface area is 124 Å². The molecular formula is C18H31NO. The van der Waals surface area contributed by atoms with E-state index in [1.165, 1.54) is 51.4 Å². The summed E-state index contributed by atoms with van der Waals surface area (Å²) in [6, 6.07) is 7.72. The normalized spacial score (nSPS) is 12.3. The van der Waals surface area contributed by atoms with Gasteiger partial charge in [0, 0.05) is 5.69 Å². The summed E-state index contributed by atoms with van der Waals surface area (Å²) >= 11 is 0. The van der Waals surface area contributed by atoms with Crippen molar-refractivity contribution < 1.29 is 4.74 Å².